The Bertz CT molecular complexity index is 977. The molecule has 0 bridgehead atoms. The lowest BCUT2D eigenvalue weighted by Gasteiger charge is -2.33. The van der Waals surface area contributed by atoms with E-state index in [9.17, 15) is 5.26 Å². The van der Waals surface area contributed by atoms with Crippen LogP contribution in [0.4, 0.5) is 11.6 Å². The van der Waals surface area contributed by atoms with Gasteiger partial charge >= 0.3 is 0 Å². The second-order valence-electron chi connectivity index (χ2n) is 9.43. The quantitative estimate of drug-likeness (QED) is 0.602. The molecule has 176 valence electrons. The van der Waals surface area contributed by atoms with E-state index in [1.54, 1.807) is 6.20 Å². The van der Waals surface area contributed by atoms with Crippen molar-refractivity contribution in [3.8, 4) is 17.3 Å². The summed E-state index contributed by atoms with van der Waals surface area (Å²) in [6.45, 7) is 1.81. The molecule has 0 amide bonds. The molecule has 0 unspecified atom stereocenters. The van der Waals surface area contributed by atoms with Gasteiger partial charge in [-0.2, -0.15) is 5.26 Å². The van der Waals surface area contributed by atoms with Crippen LogP contribution < -0.4 is 10.6 Å². The zero-order chi connectivity index (χ0) is 23.3. The van der Waals surface area contributed by atoms with Crippen LogP contribution in [0.25, 0.3) is 11.3 Å². The molecule has 0 spiro atoms. The third-order valence-electron chi connectivity index (χ3n) is 6.95. The van der Waals surface area contributed by atoms with Crippen LogP contribution in [-0.4, -0.2) is 60.8 Å². The SMILES string of the molecule is CN(C)[C@H]1CC[C@H](Nc2cc(-c3cccc(NCC4(C#N)CCOCC4)n3)c(Cl)cn2)CC1. The van der Waals surface area contributed by atoms with Gasteiger partial charge in [-0.25, -0.2) is 9.97 Å². The van der Waals surface area contributed by atoms with Crippen molar-refractivity contribution in [1.29, 1.82) is 5.26 Å². The van der Waals surface area contributed by atoms with Crippen LogP contribution in [0.1, 0.15) is 38.5 Å². The summed E-state index contributed by atoms with van der Waals surface area (Å²) in [7, 11) is 4.32. The van der Waals surface area contributed by atoms with Crippen molar-refractivity contribution >= 4 is 23.2 Å². The Balaban J connectivity index is 1.44. The maximum atomic E-state index is 9.70. The second-order valence-corrected chi connectivity index (χ2v) is 9.84. The number of hydrogen-bond acceptors (Lipinski definition) is 7. The van der Waals surface area contributed by atoms with Crippen LogP contribution in [0, 0.1) is 16.7 Å². The van der Waals surface area contributed by atoms with E-state index in [0.29, 0.717) is 36.9 Å². The molecule has 8 heteroatoms. The van der Waals surface area contributed by atoms with Gasteiger partial charge in [-0.15, -0.1) is 0 Å². The number of anilines is 2. The highest BCUT2D eigenvalue weighted by molar-refractivity contribution is 6.33. The zero-order valence-corrected chi connectivity index (χ0v) is 20.2. The molecule has 1 aliphatic heterocycles. The standard InChI is InChI=1S/C25H33ClN6O/c1-32(2)19-8-6-18(7-9-19)30-24-14-20(21(26)15-28-24)22-4-3-5-23(31-22)29-17-25(16-27)10-12-33-13-11-25/h3-5,14-15,18-19H,6-13,17H2,1-2H3,(H,28,30)(H,29,31)/t18-,19-. The number of aromatic nitrogens is 2. The largest absolute Gasteiger partial charge is 0.381 e. The lowest BCUT2D eigenvalue weighted by molar-refractivity contribution is 0.0455. The lowest BCUT2D eigenvalue weighted by Crippen LogP contribution is -2.36. The molecule has 4 rings (SSSR count). The van der Waals surface area contributed by atoms with Gasteiger partial charge in [0, 0.05) is 43.6 Å². The molecule has 2 fully saturated rings. The average molecular weight is 469 g/mol. The Morgan fingerprint density at radius 2 is 1.94 bits per heavy atom. The molecule has 2 aromatic heterocycles. The molecule has 0 atom stereocenters. The first-order valence-electron chi connectivity index (χ1n) is 11.8. The van der Waals surface area contributed by atoms with Crippen LogP contribution in [0.15, 0.2) is 30.5 Å². The van der Waals surface area contributed by atoms with Gasteiger partial charge in [-0.1, -0.05) is 17.7 Å². The molecule has 0 radical (unpaired) electrons. The molecule has 33 heavy (non-hydrogen) atoms. The van der Waals surface area contributed by atoms with E-state index in [1.807, 2.05) is 24.3 Å². The summed E-state index contributed by atoms with van der Waals surface area (Å²) in [5, 5.41) is 17.2. The average Bonchev–Trinajstić information content (AvgIpc) is 2.85. The Kier molecular flexibility index (Phi) is 7.69. The van der Waals surface area contributed by atoms with Crippen molar-refractivity contribution in [3.63, 3.8) is 0 Å². The molecule has 3 heterocycles. The Morgan fingerprint density at radius 1 is 1.18 bits per heavy atom. The first-order chi connectivity index (χ1) is 16.0. The van der Waals surface area contributed by atoms with E-state index in [0.717, 1.165) is 48.6 Å². The first kappa shape index (κ1) is 23.7. The Labute approximate surface area is 201 Å². The minimum absolute atomic E-state index is 0.410. The van der Waals surface area contributed by atoms with Crippen molar-refractivity contribution in [2.24, 2.45) is 5.41 Å². The molecule has 7 nitrogen and oxygen atoms in total. The van der Waals surface area contributed by atoms with E-state index in [4.69, 9.17) is 21.3 Å². The van der Waals surface area contributed by atoms with Gasteiger partial charge in [0.15, 0.2) is 0 Å². The molecule has 1 saturated heterocycles. The number of nitrogens with one attached hydrogen (secondary N) is 2. The van der Waals surface area contributed by atoms with Crippen molar-refractivity contribution in [1.82, 2.24) is 14.9 Å². The second kappa shape index (κ2) is 10.7. The van der Waals surface area contributed by atoms with E-state index in [1.165, 1.54) is 12.8 Å². The van der Waals surface area contributed by atoms with E-state index >= 15 is 0 Å². The highest BCUT2D eigenvalue weighted by Crippen LogP contribution is 2.32. The monoisotopic (exact) mass is 468 g/mol. The summed E-state index contributed by atoms with van der Waals surface area (Å²) in [6, 6.07) is 11.4. The summed E-state index contributed by atoms with van der Waals surface area (Å²) in [4.78, 5) is 11.6. The number of pyridine rings is 2. The van der Waals surface area contributed by atoms with Gasteiger partial charge in [0.05, 0.1) is 22.2 Å². The van der Waals surface area contributed by atoms with Gasteiger partial charge in [-0.3, -0.25) is 0 Å². The third kappa shape index (κ3) is 5.94. The smallest absolute Gasteiger partial charge is 0.126 e. The molecule has 2 aromatic rings. The summed E-state index contributed by atoms with van der Waals surface area (Å²) in [5.74, 6) is 1.56. The van der Waals surface area contributed by atoms with Crippen LogP contribution in [0.2, 0.25) is 5.02 Å². The summed E-state index contributed by atoms with van der Waals surface area (Å²) in [6.07, 6.45) is 7.81. The number of nitrogens with zero attached hydrogens (tertiary/aromatic N) is 4. The van der Waals surface area contributed by atoms with Crippen LogP contribution in [0.3, 0.4) is 0 Å². The number of nitriles is 1. The van der Waals surface area contributed by atoms with Crippen molar-refractivity contribution in [2.75, 3.05) is 44.5 Å². The number of rotatable bonds is 7. The summed E-state index contributed by atoms with van der Waals surface area (Å²) in [5.41, 5.74) is 1.22. The fraction of sp³-hybridized carbons (Fsp3) is 0.560. The first-order valence-corrected chi connectivity index (χ1v) is 12.1. The predicted octanol–water partition coefficient (Wildman–Crippen LogP) is 4.81. The molecule has 0 aromatic carbocycles. The summed E-state index contributed by atoms with van der Waals surface area (Å²) >= 11 is 6.51. The minimum atomic E-state index is -0.410. The zero-order valence-electron chi connectivity index (χ0n) is 19.5. The van der Waals surface area contributed by atoms with Gasteiger partial charge in [0.1, 0.15) is 11.6 Å². The van der Waals surface area contributed by atoms with Crippen LogP contribution in [0.5, 0.6) is 0 Å². The molecule has 2 aliphatic rings. The lowest BCUT2D eigenvalue weighted by atomic mass is 9.82. The topological polar surface area (TPSA) is 86.1 Å². The fourth-order valence-corrected chi connectivity index (χ4v) is 4.89. The molecular formula is C25H33ClN6O. The Morgan fingerprint density at radius 3 is 2.64 bits per heavy atom. The highest BCUT2D eigenvalue weighted by atomic mass is 35.5. The number of halogens is 1. The van der Waals surface area contributed by atoms with Crippen molar-refractivity contribution in [2.45, 2.75) is 50.6 Å². The van der Waals surface area contributed by atoms with Gasteiger partial charge in [0.25, 0.3) is 0 Å². The highest BCUT2D eigenvalue weighted by Gasteiger charge is 2.32. The predicted molar refractivity (Wildman–Crippen MR) is 132 cm³/mol. The number of ether oxygens (including phenoxy) is 1. The number of hydrogen-bond donors (Lipinski definition) is 2. The third-order valence-corrected chi connectivity index (χ3v) is 7.26. The van der Waals surface area contributed by atoms with Gasteiger partial charge in [0.2, 0.25) is 0 Å². The fourth-order valence-electron chi connectivity index (χ4n) is 4.69. The molecular weight excluding hydrogens is 436 g/mol. The van der Waals surface area contributed by atoms with Gasteiger partial charge < -0.3 is 20.3 Å². The maximum absolute atomic E-state index is 9.70. The van der Waals surface area contributed by atoms with Crippen LogP contribution >= 0.6 is 11.6 Å². The maximum Gasteiger partial charge on any atom is 0.126 e. The summed E-state index contributed by atoms with van der Waals surface area (Å²) < 4.78 is 5.43. The van der Waals surface area contributed by atoms with E-state index in [-0.39, 0.29) is 0 Å². The molecule has 2 N–H and O–H groups in total. The molecule has 1 saturated carbocycles. The van der Waals surface area contributed by atoms with Crippen LogP contribution in [-0.2, 0) is 4.74 Å². The molecule has 1 aliphatic carbocycles. The Hall–Kier alpha value is -2.40. The minimum Gasteiger partial charge on any atom is -0.381 e. The van der Waals surface area contributed by atoms with Gasteiger partial charge in [-0.05, 0) is 70.8 Å². The van der Waals surface area contributed by atoms with Crippen molar-refractivity contribution in [3.05, 3.63) is 35.5 Å². The normalized spacial score (nSPS) is 22.5. The van der Waals surface area contributed by atoms with Crippen molar-refractivity contribution < 1.29 is 4.74 Å². The van der Waals surface area contributed by atoms with E-state index in [2.05, 4.69) is 40.7 Å². The van der Waals surface area contributed by atoms with E-state index < -0.39 is 5.41 Å².